The van der Waals surface area contributed by atoms with Gasteiger partial charge in [0, 0.05) is 18.9 Å². The normalized spacial score (nSPS) is 17.3. The van der Waals surface area contributed by atoms with E-state index in [1.165, 1.54) is 12.8 Å². The minimum atomic E-state index is -0.305. The summed E-state index contributed by atoms with van der Waals surface area (Å²) in [5.41, 5.74) is -0.305. The van der Waals surface area contributed by atoms with Gasteiger partial charge in [0.15, 0.2) is 0 Å². The molecule has 0 aliphatic heterocycles. The Morgan fingerprint density at radius 1 is 1.28 bits per heavy atom. The highest BCUT2D eigenvalue weighted by Gasteiger charge is 2.19. The van der Waals surface area contributed by atoms with Gasteiger partial charge in [-0.3, -0.25) is 9.78 Å². The topological polar surface area (TPSA) is 90.6 Å². The standard InChI is InChI=1S/C12H20N4O2/c17-11(9-5-3-1-2-4-6-9)13-8-7-10-14-12(18)16-15-10/h9H,1-8H2,(H,13,17)(H2,14,15,16,18). The Labute approximate surface area is 106 Å². The Morgan fingerprint density at radius 3 is 2.61 bits per heavy atom. The average Bonchev–Trinajstić information content (AvgIpc) is 2.63. The Kier molecular flexibility index (Phi) is 4.55. The summed E-state index contributed by atoms with van der Waals surface area (Å²) in [5, 5.41) is 9.02. The summed E-state index contributed by atoms with van der Waals surface area (Å²) < 4.78 is 0. The first-order valence-corrected chi connectivity index (χ1v) is 6.67. The number of aromatic nitrogens is 3. The first kappa shape index (κ1) is 12.9. The van der Waals surface area contributed by atoms with Crippen molar-refractivity contribution in [2.45, 2.75) is 44.9 Å². The number of carbonyl (C=O) groups is 1. The molecular formula is C12H20N4O2. The van der Waals surface area contributed by atoms with E-state index < -0.39 is 0 Å². The molecule has 1 aliphatic rings. The largest absolute Gasteiger partial charge is 0.355 e. The van der Waals surface area contributed by atoms with Crippen LogP contribution in [0.3, 0.4) is 0 Å². The number of carbonyl (C=O) groups excluding carboxylic acids is 1. The fraction of sp³-hybridized carbons (Fsp3) is 0.750. The van der Waals surface area contributed by atoms with Gasteiger partial charge in [0.05, 0.1) is 0 Å². The van der Waals surface area contributed by atoms with Crippen molar-refractivity contribution in [3.05, 3.63) is 16.3 Å². The van der Waals surface area contributed by atoms with Gasteiger partial charge >= 0.3 is 5.69 Å². The molecule has 1 aromatic rings. The highest BCUT2D eigenvalue weighted by molar-refractivity contribution is 5.78. The van der Waals surface area contributed by atoms with Crippen LogP contribution in [0.1, 0.15) is 44.3 Å². The molecule has 1 fully saturated rings. The number of H-pyrrole nitrogens is 2. The lowest BCUT2D eigenvalue weighted by Gasteiger charge is -2.13. The van der Waals surface area contributed by atoms with Crippen LogP contribution < -0.4 is 11.0 Å². The monoisotopic (exact) mass is 252 g/mol. The predicted molar refractivity (Wildman–Crippen MR) is 67.1 cm³/mol. The molecular weight excluding hydrogens is 232 g/mol. The fourth-order valence-electron chi connectivity index (χ4n) is 2.41. The molecule has 1 aliphatic carbocycles. The SMILES string of the molecule is O=C(NCCc1n[nH]c(=O)[nH]1)C1CCCCCC1. The van der Waals surface area contributed by atoms with Crippen LogP contribution in [0, 0.1) is 5.92 Å². The third-order valence-electron chi connectivity index (χ3n) is 3.44. The minimum Gasteiger partial charge on any atom is -0.355 e. The number of hydrogen-bond acceptors (Lipinski definition) is 3. The van der Waals surface area contributed by atoms with E-state index in [0.29, 0.717) is 18.8 Å². The molecule has 6 heteroatoms. The molecule has 1 amide bonds. The lowest BCUT2D eigenvalue weighted by atomic mass is 9.99. The highest BCUT2D eigenvalue weighted by Crippen LogP contribution is 2.22. The quantitative estimate of drug-likeness (QED) is 0.690. The lowest BCUT2D eigenvalue weighted by Crippen LogP contribution is -2.32. The first-order valence-electron chi connectivity index (χ1n) is 6.67. The van der Waals surface area contributed by atoms with E-state index in [1.54, 1.807) is 0 Å². The van der Waals surface area contributed by atoms with Gasteiger partial charge in [-0.25, -0.2) is 9.89 Å². The van der Waals surface area contributed by atoms with Gasteiger partial charge in [0.2, 0.25) is 5.91 Å². The molecule has 0 atom stereocenters. The van der Waals surface area contributed by atoms with Crippen LogP contribution in [0.15, 0.2) is 4.79 Å². The summed E-state index contributed by atoms with van der Waals surface area (Å²) in [6.07, 6.45) is 7.37. The maximum absolute atomic E-state index is 11.9. The molecule has 18 heavy (non-hydrogen) atoms. The molecule has 6 nitrogen and oxygen atoms in total. The maximum atomic E-state index is 11.9. The van der Waals surface area contributed by atoms with Crippen LogP contribution in [0.5, 0.6) is 0 Å². The van der Waals surface area contributed by atoms with Crippen LogP contribution in [-0.4, -0.2) is 27.6 Å². The van der Waals surface area contributed by atoms with Crippen molar-refractivity contribution in [1.82, 2.24) is 20.5 Å². The second-order valence-electron chi connectivity index (χ2n) is 4.85. The van der Waals surface area contributed by atoms with Crippen LogP contribution in [0.25, 0.3) is 0 Å². The molecule has 3 N–H and O–H groups in total. The van der Waals surface area contributed by atoms with Gasteiger partial charge in [-0.15, -0.1) is 0 Å². The molecule has 100 valence electrons. The number of nitrogens with one attached hydrogen (secondary N) is 3. The van der Waals surface area contributed by atoms with Crippen molar-refractivity contribution in [3.8, 4) is 0 Å². The number of amides is 1. The number of aromatic amines is 2. The number of hydrogen-bond donors (Lipinski definition) is 3. The third-order valence-corrected chi connectivity index (χ3v) is 3.44. The molecule has 1 saturated carbocycles. The molecule has 0 saturated heterocycles. The van der Waals surface area contributed by atoms with Gasteiger partial charge in [-0.05, 0) is 12.8 Å². The molecule has 1 heterocycles. The van der Waals surface area contributed by atoms with Crippen molar-refractivity contribution in [3.63, 3.8) is 0 Å². The minimum absolute atomic E-state index is 0.148. The van der Waals surface area contributed by atoms with Crippen molar-refractivity contribution >= 4 is 5.91 Å². The molecule has 0 radical (unpaired) electrons. The maximum Gasteiger partial charge on any atom is 0.340 e. The number of nitrogens with zero attached hydrogens (tertiary/aromatic N) is 1. The van der Waals surface area contributed by atoms with Crippen molar-refractivity contribution in [2.24, 2.45) is 5.92 Å². The zero-order valence-electron chi connectivity index (χ0n) is 10.5. The van der Waals surface area contributed by atoms with E-state index in [2.05, 4.69) is 20.5 Å². The van der Waals surface area contributed by atoms with Gasteiger partial charge in [-0.1, -0.05) is 25.7 Å². The Hall–Kier alpha value is -1.59. The molecule has 0 aromatic carbocycles. The summed E-state index contributed by atoms with van der Waals surface area (Å²) >= 11 is 0. The van der Waals surface area contributed by atoms with Crippen molar-refractivity contribution in [2.75, 3.05) is 6.54 Å². The van der Waals surface area contributed by atoms with Crippen LogP contribution in [0.2, 0.25) is 0 Å². The first-order chi connectivity index (χ1) is 8.75. The van der Waals surface area contributed by atoms with Gasteiger partial charge in [0.25, 0.3) is 0 Å². The van der Waals surface area contributed by atoms with E-state index in [1.807, 2.05) is 0 Å². The Morgan fingerprint density at radius 2 is 2.00 bits per heavy atom. The lowest BCUT2D eigenvalue weighted by molar-refractivity contribution is -0.125. The van der Waals surface area contributed by atoms with Crippen molar-refractivity contribution in [1.29, 1.82) is 0 Å². The smallest absolute Gasteiger partial charge is 0.340 e. The Bertz CT molecular complexity index is 429. The van der Waals surface area contributed by atoms with Gasteiger partial charge in [0.1, 0.15) is 5.82 Å². The molecule has 2 rings (SSSR count). The fourth-order valence-corrected chi connectivity index (χ4v) is 2.41. The third kappa shape index (κ3) is 3.72. The zero-order chi connectivity index (χ0) is 12.8. The van der Waals surface area contributed by atoms with Gasteiger partial charge < -0.3 is 5.32 Å². The van der Waals surface area contributed by atoms with E-state index in [0.717, 1.165) is 25.7 Å². The van der Waals surface area contributed by atoms with E-state index in [9.17, 15) is 9.59 Å². The average molecular weight is 252 g/mol. The van der Waals surface area contributed by atoms with E-state index in [-0.39, 0.29) is 17.5 Å². The summed E-state index contributed by atoms with van der Waals surface area (Å²) in [5.74, 6) is 0.904. The molecule has 0 bridgehead atoms. The zero-order valence-corrected chi connectivity index (χ0v) is 10.5. The van der Waals surface area contributed by atoms with E-state index >= 15 is 0 Å². The predicted octanol–water partition coefficient (Wildman–Crippen LogP) is 0.727. The van der Waals surface area contributed by atoms with Crippen LogP contribution in [0.4, 0.5) is 0 Å². The molecule has 0 unspecified atom stereocenters. The summed E-state index contributed by atoms with van der Waals surface area (Å²) in [6, 6.07) is 0. The summed E-state index contributed by atoms with van der Waals surface area (Å²) in [7, 11) is 0. The van der Waals surface area contributed by atoms with E-state index in [4.69, 9.17) is 0 Å². The molecule has 1 aromatic heterocycles. The summed E-state index contributed by atoms with van der Waals surface area (Å²) in [6.45, 7) is 0.524. The summed E-state index contributed by atoms with van der Waals surface area (Å²) in [4.78, 5) is 25.3. The molecule has 0 spiro atoms. The van der Waals surface area contributed by atoms with Gasteiger partial charge in [-0.2, -0.15) is 5.10 Å². The van der Waals surface area contributed by atoms with Crippen LogP contribution in [-0.2, 0) is 11.2 Å². The van der Waals surface area contributed by atoms with Crippen molar-refractivity contribution < 1.29 is 4.79 Å². The highest BCUT2D eigenvalue weighted by atomic mass is 16.2. The Balaban J connectivity index is 1.72. The number of rotatable bonds is 4. The second kappa shape index (κ2) is 6.37. The second-order valence-corrected chi connectivity index (χ2v) is 4.85. The van der Waals surface area contributed by atoms with Crippen LogP contribution >= 0.6 is 0 Å².